The van der Waals surface area contributed by atoms with E-state index in [1.54, 1.807) is 14.0 Å². The SMILES string of the molecule is COC1CN(C(C)C(C)=O)CCC1C. The van der Waals surface area contributed by atoms with Gasteiger partial charge in [-0.2, -0.15) is 0 Å². The van der Waals surface area contributed by atoms with Crippen molar-refractivity contribution in [1.29, 1.82) is 0 Å². The van der Waals surface area contributed by atoms with E-state index in [0.29, 0.717) is 5.92 Å². The molecule has 0 saturated carbocycles. The van der Waals surface area contributed by atoms with Crippen molar-refractivity contribution in [3.63, 3.8) is 0 Å². The summed E-state index contributed by atoms with van der Waals surface area (Å²) in [5, 5.41) is 0. The summed E-state index contributed by atoms with van der Waals surface area (Å²) >= 11 is 0. The zero-order valence-electron chi connectivity index (χ0n) is 9.62. The van der Waals surface area contributed by atoms with Crippen LogP contribution in [0, 0.1) is 5.92 Å². The third-order valence-electron chi connectivity index (χ3n) is 3.36. The van der Waals surface area contributed by atoms with Crippen molar-refractivity contribution in [1.82, 2.24) is 4.90 Å². The van der Waals surface area contributed by atoms with E-state index in [1.807, 2.05) is 6.92 Å². The summed E-state index contributed by atoms with van der Waals surface area (Å²) in [6.07, 6.45) is 1.40. The van der Waals surface area contributed by atoms with Gasteiger partial charge in [0.1, 0.15) is 5.78 Å². The van der Waals surface area contributed by atoms with Crippen molar-refractivity contribution in [3.8, 4) is 0 Å². The number of likely N-dealkylation sites (tertiary alicyclic amines) is 1. The molecule has 1 aliphatic heterocycles. The lowest BCUT2D eigenvalue weighted by Gasteiger charge is -2.38. The summed E-state index contributed by atoms with van der Waals surface area (Å²) < 4.78 is 5.41. The van der Waals surface area contributed by atoms with Crippen molar-refractivity contribution < 1.29 is 9.53 Å². The molecule has 1 saturated heterocycles. The first-order valence-electron chi connectivity index (χ1n) is 5.33. The van der Waals surface area contributed by atoms with Gasteiger partial charge in [-0.15, -0.1) is 0 Å². The summed E-state index contributed by atoms with van der Waals surface area (Å²) in [6, 6.07) is 0.0418. The second kappa shape index (κ2) is 4.89. The Bertz CT molecular complexity index is 205. The molecule has 3 nitrogen and oxygen atoms in total. The predicted molar refractivity (Wildman–Crippen MR) is 56.3 cm³/mol. The fourth-order valence-corrected chi connectivity index (χ4v) is 1.97. The Morgan fingerprint density at radius 2 is 2.21 bits per heavy atom. The Morgan fingerprint density at radius 1 is 1.57 bits per heavy atom. The molecule has 1 fully saturated rings. The van der Waals surface area contributed by atoms with Crippen LogP contribution in [0.5, 0.6) is 0 Å². The fourth-order valence-electron chi connectivity index (χ4n) is 1.97. The molecule has 0 aliphatic carbocycles. The maximum absolute atomic E-state index is 11.2. The van der Waals surface area contributed by atoms with Crippen LogP contribution in [0.4, 0.5) is 0 Å². The normalized spacial score (nSPS) is 31.4. The lowest BCUT2D eigenvalue weighted by atomic mass is 9.94. The number of hydrogen-bond donors (Lipinski definition) is 0. The van der Waals surface area contributed by atoms with Crippen LogP contribution < -0.4 is 0 Å². The fraction of sp³-hybridized carbons (Fsp3) is 0.909. The number of piperidine rings is 1. The van der Waals surface area contributed by atoms with Crippen molar-refractivity contribution in [2.24, 2.45) is 5.92 Å². The Balaban J connectivity index is 2.54. The molecule has 3 heteroatoms. The molecule has 14 heavy (non-hydrogen) atoms. The highest BCUT2D eigenvalue weighted by atomic mass is 16.5. The summed E-state index contributed by atoms with van der Waals surface area (Å²) in [6.45, 7) is 7.75. The van der Waals surface area contributed by atoms with Crippen LogP contribution in [0.3, 0.4) is 0 Å². The molecular formula is C11H21NO2. The molecule has 0 bridgehead atoms. The summed E-state index contributed by atoms with van der Waals surface area (Å²) in [5.41, 5.74) is 0. The van der Waals surface area contributed by atoms with Crippen LogP contribution in [-0.2, 0) is 9.53 Å². The van der Waals surface area contributed by atoms with Gasteiger partial charge in [0.2, 0.25) is 0 Å². The molecule has 0 N–H and O–H groups in total. The Kier molecular flexibility index (Phi) is 4.08. The van der Waals surface area contributed by atoms with Gasteiger partial charge in [-0.1, -0.05) is 6.92 Å². The molecule has 0 aromatic rings. The highest BCUT2D eigenvalue weighted by molar-refractivity contribution is 5.80. The number of Topliss-reactive ketones (excluding diaryl/α,β-unsaturated/α-hetero) is 1. The maximum atomic E-state index is 11.2. The summed E-state index contributed by atoms with van der Waals surface area (Å²) in [4.78, 5) is 13.5. The highest BCUT2D eigenvalue weighted by Gasteiger charge is 2.29. The standard InChI is InChI=1S/C11H21NO2/c1-8-5-6-12(7-11(8)14-4)9(2)10(3)13/h8-9,11H,5-7H2,1-4H3. The van der Waals surface area contributed by atoms with Crippen LogP contribution >= 0.6 is 0 Å². The van der Waals surface area contributed by atoms with Gasteiger partial charge < -0.3 is 4.74 Å². The van der Waals surface area contributed by atoms with Gasteiger partial charge >= 0.3 is 0 Å². The molecule has 0 amide bonds. The first-order valence-corrected chi connectivity index (χ1v) is 5.33. The summed E-state index contributed by atoms with van der Waals surface area (Å²) in [5.74, 6) is 0.852. The van der Waals surface area contributed by atoms with E-state index in [9.17, 15) is 4.79 Å². The minimum atomic E-state index is 0.0418. The topological polar surface area (TPSA) is 29.5 Å². The van der Waals surface area contributed by atoms with E-state index in [0.717, 1.165) is 19.5 Å². The average molecular weight is 199 g/mol. The molecule has 1 aliphatic rings. The van der Waals surface area contributed by atoms with Crippen LogP contribution in [0.2, 0.25) is 0 Å². The second-order valence-corrected chi connectivity index (χ2v) is 4.32. The molecule has 82 valence electrons. The zero-order chi connectivity index (χ0) is 10.7. The van der Waals surface area contributed by atoms with Crippen molar-refractivity contribution in [2.45, 2.75) is 39.3 Å². The van der Waals surface area contributed by atoms with Crippen molar-refractivity contribution >= 4 is 5.78 Å². The van der Waals surface area contributed by atoms with E-state index in [-0.39, 0.29) is 17.9 Å². The Hall–Kier alpha value is -0.410. The maximum Gasteiger partial charge on any atom is 0.146 e. The third-order valence-corrected chi connectivity index (χ3v) is 3.36. The molecular weight excluding hydrogens is 178 g/mol. The minimum absolute atomic E-state index is 0.0418. The molecule has 3 atom stereocenters. The van der Waals surface area contributed by atoms with E-state index in [2.05, 4.69) is 11.8 Å². The number of nitrogens with zero attached hydrogens (tertiary/aromatic N) is 1. The highest BCUT2D eigenvalue weighted by Crippen LogP contribution is 2.21. The lowest BCUT2D eigenvalue weighted by molar-refractivity contribution is -0.123. The number of methoxy groups -OCH3 is 1. The van der Waals surface area contributed by atoms with Crippen molar-refractivity contribution in [2.75, 3.05) is 20.2 Å². The molecule has 0 spiro atoms. The summed E-state index contributed by atoms with van der Waals surface area (Å²) in [7, 11) is 1.75. The molecule has 0 radical (unpaired) electrons. The van der Waals surface area contributed by atoms with Gasteiger partial charge in [0.25, 0.3) is 0 Å². The first-order chi connectivity index (χ1) is 6.56. The second-order valence-electron chi connectivity index (χ2n) is 4.32. The van der Waals surface area contributed by atoms with Gasteiger partial charge in [-0.05, 0) is 32.7 Å². The first kappa shape index (κ1) is 11.7. The monoisotopic (exact) mass is 199 g/mol. The Morgan fingerprint density at radius 3 is 2.71 bits per heavy atom. The van der Waals surface area contributed by atoms with Crippen LogP contribution in [-0.4, -0.2) is 43.0 Å². The quantitative estimate of drug-likeness (QED) is 0.686. The smallest absolute Gasteiger partial charge is 0.146 e. The molecule has 0 aromatic carbocycles. The van der Waals surface area contributed by atoms with Gasteiger partial charge in [0.05, 0.1) is 12.1 Å². The largest absolute Gasteiger partial charge is 0.380 e. The molecule has 3 unspecified atom stereocenters. The number of rotatable bonds is 3. The van der Waals surface area contributed by atoms with Crippen LogP contribution in [0.25, 0.3) is 0 Å². The molecule has 1 heterocycles. The average Bonchev–Trinajstić information content (AvgIpc) is 2.17. The molecule has 0 aromatic heterocycles. The number of carbonyl (C=O) groups excluding carboxylic acids is 1. The van der Waals surface area contributed by atoms with Gasteiger partial charge in [0.15, 0.2) is 0 Å². The number of ketones is 1. The predicted octanol–water partition coefficient (Wildman–Crippen LogP) is 1.32. The Labute approximate surface area is 86.4 Å². The van der Waals surface area contributed by atoms with Gasteiger partial charge in [-0.25, -0.2) is 0 Å². The number of hydrogen-bond acceptors (Lipinski definition) is 3. The molecule has 1 rings (SSSR count). The van der Waals surface area contributed by atoms with Gasteiger partial charge in [-0.3, -0.25) is 9.69 Å². The van der Waals surface area contributed by atoms with E-state index < -0.39 is 0 Å². The lowest BCUT2D eigenvalue weighted by Crippen LogP contribution is -2.49. The van der Waals surface area contributed by atoms with E-state index >= 15 is 0 Å². The third kappa shape index (κ3) is 2.55. The number of ether oxygens (including phenoxy) is 1. The van der Waals surface area contributed by atoms with E-state index in [1.165, 1.54) is 0 Å². The minimum Gasteiger partial charge on any atom is -0.380 e. The van der Waals surface area contributed by atoms with Crippen LogP contribution in [0.15, 0.2) is 0 Å². The zero-order valence-corrected chi connectivity index (χ0v) is 9.62. The number of carbonyl (C=O) groups is 1. The van der Waals surface area contributed by atoms with Crippen molar-refractivity contribution in [3.05, 3.63) is 0 Å². The van der Waals surface area contributed by atoms with Crippen LogP contribution in [0.1, 0.15) is 27.2 Å². The van der Waals surface area contributed by atoms with E-state index in [4.69, 9.17) is 4.74 Å². The van der Waals surface area contributed by atoms with Gasteiger partial charge in [0, 0.05) is 13.7 Å².